The van der Waals surface area contributed by atoms with Gasteiger partial charge < -0.3 is 25.1 Å². The number of amides is 2. The smallest absolute Gasteiger partial charge is 0.326 e. The summed E-state index contributed by atoms with van der Waals surface area (Å²) in [7, 11) is -1.97. The third-order valence-corrected chi connectivity index (χ3v) is 10.6. The number of piperazine rings is 1. The van der Waals surface area contributed by atoms with Crippen LogP contribution in [0.3, 0.4) is 0 Å². The number of likely N-dealkylation sites (tertiary alicyclic amines) is 1. The van der Waals surface area contributed by atoms with E-state index >= 15 is 0 Å². The lowest BCUT2D eigenvalue weighted by molar-refractivity contribution is -0.143. The Balaban J connectivity index is 1.28. The van der Waals surface area contributed by atoms with Crippen molar-refractivity contribution < 1.29 is 27.9 Å². The molecule has 228 valence electrons. The van der Waals surface area contributed by atoms with E-state index in [1.54, 1.807) is 4.90 Å². The number of aliphatic carboxylic acids is 1. The van der Waals surface area contributed by atoms with E-state index in [-0.39, 0.29) is 46.7 Å². The van der Waals surface area contributed by atoms with Crippen LogP contribution in [0, 0.1) is 5.92 Å². The van der Waals surface area contributed by atoms with Crippen molar-refractivity contribution in [3.05, 3.63) is 28.2 Å². The average molecular weight is 633 g/mol. The summed E-state index contributed by atoms with van der Waals surface area (Å²) >= 11 is 12.0. The molecule has 0 saturated carbocycles. The second-order valence-electron chi connectivity index (χ2n) is 11.2. The number of carbonyl (C=O) groups is 3. The number of benzene rings is 1. The van der Waals surface area contributed by atoms with Crippen molar-refractivity contribution in [2.24, 2.45) is 5.92 Å². The molecule has 0 aromatic heterocycles. The standard InChI is InChI=1S/C27H39Cl2N5O6S/c1-31-11-13-32(14-12-31)18-19-6-9-33(10-7-19)25(35)5-4-23(27(37)38)30-26(36)24-3-2-8-34(24)41(39,40)22-16-20(28)15-21(29)17-22/h15-17,19,23-24H,2-14,18H2,1H3,(H,30,36)(H,37,38)/t23-,24-/m0/s1. The number of carboxylic acid groups (broad SMARTS) is 1. The quantitative estimate of drug-likeness (QED) is 0.401. The van der Waals surface area contributed by atoms with Crippen LogP contribution in [0.4, 0.5) is 0 Å². The van der Waals surface area contributed by atoms with Gasteiger partial charge in [-0.25, -0.2) is 13.2 Å². The number of likely N-dealkylation sites (N-methyl/N-ethyl adjacent to an activating group) is 1. The van der Waals surface area contributed by atoms with Gasteiger partial charge in [0.2, 0.25) is 21.8 Å². The normalized spacial score (nSPS) is 22.5. The Hall–Kier alpha value is -1.96. The average Bonchev–Trinajstić information content (AvgIpc) is 3.43. The number of carboxylic acids is 1. The zero-order valence-electron chi connectivity index (χ0n) is 23.3. The molecule has 41 heavy (non-hydrogen) atoms. The van der Waals surface area contributed by atoms with Gasteiger partial charge in [0.05, 0.1) is 4.90 Å². The van der Waals surface area contributed by atoms with E-state index < -0.39 is 34.0 Å². The van der Waals surface area contributed by atoms with Crippen molar-refractivity contribution in [1.29, 1.82) is 0 Å². The molecule has 0 bridgehead atoms. The fourth-order valence-electron chi connectivity index (χ4n) is 5.81. The predicted octanol–water partition coefficient (Wildman–Crippen LogP) is 1.98. The number of sulfonamides is 1. The lowest BCUT2D eigenvalue weighted by Gasteiger charge is -2.38. The molecule has 1 aromatic rings. The topological polar surface area (TPSA) is 131 Å². The van der Waals surface area contributed by atoms with Gasteiger partial charge in [-0.2, -0.15) is 4.31 Å². The molecule has 0 spiro atoms. The van der Waals surface area contributed by atoms with Crippen LogP contribution < -0.4 is 5.32 Å². The minimum Gasteiger partial charge on any atom is -0.480 e. The van der Waals surface area contributed by atoms with E-state index in [4.69, 9.17) is 23.2 Å². The van der Waals surface area contributed by atoms with E-state index in [0.717, 1.165) is 49.9 Å². The van der Waals surface area contributed by atoms with Gasteiger partial charge in [0.25, 0.3) is 0 Å². The zero-order chi connectivity index (χ0) is 29.7. The van der Waals surface area contributed by atoms with Gasteiger partial charge in [-0.1, -0.05) is 23.2 Å². The highest BCUT2D eigenvalue weighted by Gasteiger charge is 2.41. The molecule has 0 unspecified atom stereocenters. The Morgan fingerprint density at radius 2 is 1.61 bits per heavy atom. The Morgan fingerprint density at radius 3 is 2.22 bits per heavy atom. The lowest BCUT2D eigenvalue weighted by Crippen LogP contribution is -2.51. The first kappa shape index (κ1) is 32.0. The number of rotatable bonds is 10. The Bertz CT molecular complexity index is 1200. The molecule has 2 amide bonds. The molecule has 3 saturated heterocycles. The van der Waals surface area contributed by atoms with Gasteiger partial charge in [0.1, 0.15) is 12.1 Å². The van der Waals surface area contributed by atoms with Crippen molar-refractivity contribution >= 4 is 51.0 Å². The molecular weight excluding hydrogens is 593 g/mol. The molecular formula is C27H39Cl2N5O6S. The molecule has 3 fully saturated rings. The van der Waals surface area contributed by atoms with Crippen LogP contribution >= 0.6 is 23.2 Å². The highest BCUT2D eigenvalue weighted by molar-refractivity contribution is 7.89. The first-order chi connectivity index (χ1) is 19.4. The molecule has 11 nitrogen and oxygen atoms in total. The summed E-state index contributed by atoms with van der Waals surface area (Å²) in [6.07, 6.45) is 2.42. The number of hydrogen-bond acceptors (Lipinski definition) is 7. The molecule has 3 aliphatic heterocycles. The molecule has 14 heteroatoms. The lowest BCUT2D eigenvalue weighted by atomic mass is 9.95. The number of piperidine rings is 1. The monoisotopic (exact) mass is 631 g/mol. The third kappa shape index (κ3) is 8.32. The molecule has 3 aliphatic rings. The van der Waals surface area contributed by atoms with E-state index in [1.165, 1.54) is 18.2 Å². The van der Waals surface area contributed by atoms with E-state index in [1.807, 2.05) is 0 Å². The van der Waals surface area contributed by atoms with Gasteiger partial charge in [-0.15, -0.1) is 0 Å². The molecule has 1 aromatic carbocycles. The van der Waals surface area contributed by atoms with Crippen LogP contribution in [0.1, 0.15) is 38.5 Å². The van der Waals surface area contributed by atoms with Gasteiger partial charge in [0, 0.05) is 68.8 Å². The van der Waals surface area contributed by atoms with Crippen LogP contribution in [-0.2, 0) is 24.4 Å². The van der Waals surface area contributed by atoms with Crippen molar-refractivity contribution in [1.82, 2.24) is 24.3 Å². The van der Waals surface area contributed by atoms with Crippen molar-refractivity contribution in [2.45, 2.75) is 55.5 Å². The van der Waals surface area contributed by atoms with Gasteiger partial charge in [0.15, 0.2) is 0 Å². The van der Waals surface area contributed by atoms with Crippen LogP contribution in [0.25, 0.3) is 0 Å². The number of carbonyl (C=O) groups excluding carboxylic acids is 2. The SMILES string of the molecule is CN1CCN(CC2CCN(C(=O)CC[C@H](NC(=O)[C@@H]3CCCN3S(=O)(=O)c3cc(Cl)cc(Cl)c3)C(=O)O)CC2)CC1. The van der Waals surface area contributed by atoms with Crippen LogP contribution in [0.2, 0.25) is 10.0 Å². The number of nitrogens with zero attached hydrogens (tertiary/aromatic N) is 4. The van der Waals surface area contributed by atoms with Crippen molar-refractivity contribution in [3.63, 3.8) is 0 Å². The second-order valence-corrected chi connectivity index (χ2v) is 14.0. The van der Waals surface area contributed by atoms with E-state index in [0.29, 0.717) is 25.4 Å². The van der Waals surface area contributed by atoms with Gasteiger partial charge >= 0.3 is 5.97 Å². The first-order valence-corrected chi connectivity index (χ1v) is 16.3. The van der Waals surface area contributed by atoms with Crippen LogP contribution in [-0.4, -0.2) is 122 Å². The largest absolute Gasteiger partial charge is 0.480 e. The molecule has 2 N–H and O–H groups in total. The minimum absolute atomic E-state index is 0.0198. The fourth-order valence-corrected chi connectivity index (χ4v) is 8.20. The molecule has 0 radical (unpaired) electrons. The number of nitrogens with one attached hydrogen (secondary N) is 1. The van der Waals surface area contributed by atoms with Crippen molar-refractivity contribution in [3.8, 4) is 0 Å². The molecule has 2 atom stereocenters. The summed E-state index contributed by atoms with van der Waals surface area (Å²) in [5.41, 5.74) is 0. The molecule has 4 rings (SSSR count). The Labute approximate surface area is 251 Å². The minimum atomic E-state index is -4.10. The Kier molecular flexibility index (Phi) is 10.9. The van der Waals surface area contributed by atoms with E-state index in [9.17, 15) is 27.9 Å². The summed E-state index contributed by atoms with van der Waals surface area (Å²) in [4.78, 5) is 44.4. The number of halogens is 2. The maximum atomic E-state index is 13.3. The van der Waals surface area contributed by atoms with Crippen molar-refractivity contribution in [2.75, 3.05) is 59.4 Å². The summed E-state index contributed by atoms with van der Waals surface area (Å²) in [6, 6.07) is 1.54. The van der Waals surface area contributed by atoms with Crippen LogP contribution in [0.15, 0.2) is 23.1 Å². The summed E-state index contributed by atoms with van der Waals surface area (Å²) in [6.45, 7) is 6.71. The maximum Gasteiger partial charge on any atom is 0.326 e. The number of hydrogen-bond donors (Lipinski definition) is 2. The van der Waals surface area contributed by atoms with E-state index in [2.05, 4.69) is 22.2 Å². The molecule has 3 heterocycles. The highest BCUT2D eigenvalue weighted by atomic mass is 35.5. The maximum absolute atomic E-state index is 13.3. The van der Waals surface area contributed by atoms with Gasteiger partial charge in [-0.3, -0.25) is 9.59 Å². The summed E-state index contributed by atoms with van der Waals surface area (Å²) in [5, 5.41) is 12.5. The summed E-state index contributed by atoms with van der Waals surface area (Å²) in [5.74, 6) is -1.57. The highest BCUT2D eigenvalue weighted by Crippen LogP contribution is 2.30. The zero-order valence-corrected chi connectivity index (χ0v) is 25.6. The molecule has 0 aliphatic carbocycles. The van der Waals surface area contributed by atoms with Gasteiger partial charge in [-0.05, 0) is 63.3 Å². The third-order valence-electron chi connectivity index (χ3n) is 8.29. The predicted molar refractivity (Wildman–Crippen MR) is 155 cm³/mol. The first-order valence-electron chi connectivity index (χ1n) is 14.1. The second kappa shape index (κ2) is 14.0. The summed E-state index contributed by atoms with van der Waals surface area (Å²) < 4.78 is 27.6. The fraction of sp³-hybridized carbons (Fsp3) is 0.667. The van der Waals surface area contributed by atoms with Crippen LogP contribution in [0.5, 0.6) is 0 Å². The Morgan fingerprint density at radius 1 is 0.976 bits per heavy atom.